The molecule has 5 nitrogen and oxygen atoms in total. The van der Waals surface area contributed by atoms with Gasteiger partial charge in [-0.2, -0.15) is 5.10 Å². The van der Waals surface area contributed by atoms with Crippen molar-refractivity contribution in [2.75, 3.05) is 11.1 Å². The van der Waals surface area contributed by atoms with Gasteiger partial charge < -0.3 is 11.1 Å². The maximum Gasteiger partial charge on any atom is 0.267 e. The molecule has 1 amide bonds. The number of aryl methyl sites for hydroxylation is 1. The van der Waals surface area contributed by atoms with Crippen molar-refractivity contribution in [2.24, 2.45) is 0 Å². The second kappa shape index (κ2) is 4.90. The topological polar surface area (TPSA) is 80.9 Å². The number of carbonyl (C=O) groups is 1. The highest BCUT2D eigenvalue weighted by Gasteiger charge is 2.17. The number of nitrogens with zero attached hydrogens (tertiary/aromatic N) is 2. The molecule has 0 fully saturated rings. The van der Waals surface area contributed by atoms with Crippen LogP contribution in [0.1, 0.15) is 15.2 Å². The number of aromatic nitrogens is 2. The summed E-state index contributed by atoms with van der Waals surface area (Å²) in [5, 5.41) is 11.4. The number of nitrogens with one attached hydrogen (secondary N) is 1. The first-order chi connectivity index (χ1) is 9.66. The van der Waals surface area contributed by atoms with E-state index in [1.807, 2.05) is 31.2 Å². The molecule has 0 saturated heterocycles. The number of nitrogens with two attached hydrogens (primary N) is 1. The zero-order valence-electron chi connectivity index (χ0n) is 10.8. The van der Waals surface area contributed by atoms with E-state index in [9.17, 15) is 4.79 Å². The molecule has 6 heteroatoms. The molecule has 0 aliphatic carbocycles. The van der Waals surface area contributed by atoms with Gasteiger partial charge in [0, 0.05) is 11.1 Å². The second-order valence-electron chi connectivity index (χ2n) is 4.36. The van der Waals surface area contributed by atoms with E-state index >= 15 is 0 Å². The number of rotatable bonds is 2. The minimum absolute atomic E-state index is 0.222. The van der Waals surface area contributed by atoms with E-state index in [4.69, 9.17) is 5.73 Å². The molecule has 3 N–H and O–H groups in total. The maximum atomic E-state index is 12.3. The smallest absolute Gasteiger partial charge is 0.267 e. The lowest BCUT2D eigenvalue weighted by Gasteiger charge is -2.07. The van der Waals surface area contributed by atoms with Gasteiger partial charge in [0.15, 0.2) is 0 Å². The average Bonchev–Trinajstić information content (AvgIpc) is 2.79. The summed E-state index contributed by atoms with van der Waals surface area (Å²) in [5.41, 5.74) is 8.24. The first-order valence-corrected chi connectivity index (χ1v) is 6.85. The Balaban J connectivity index is 1.97. The van der Waals surface area contributed by atoms with Gasteiger partial charge in [-0.25, -0.2) is 0 Å². The summed E-state index contributed by atoms with van der Waals surface area (Å²) in [6, 6.07) is 9.36. The summed E-state index contributed by atoms with van der Waals surface area (Å²) in [4.78, 5) is 13.5. The van der Waals surface area contributed by atoms with E-state index in [1.54, 1.807) is 12.3 Å². The molecular weight excluding hydrogens is 272 g/mol. The van der Waals surface area contributed by atoms with E-state index in [0.29, 0.717) is 15.4 Å². The number of thiophene rings is 1. The van der Waals surface area contributed by atoms with Crippen molar-refractivity contribution in [1.29, 1.82) is 0 Å². The maximum absolute atomic E-state index is 12.3. The highest BCUT2D eigenvalue weighted by Crippen LogP contribution is 2.32. The number of hydrogen-bond acceptors (Lipinski definition) is 5. The summed E-state index contributed by atoms with van der Waals surface area (Å²) in [7, 11) is 0. The Labute approximate surface area is 119 Å². The van der Waals surface area contributed by atoms with E-state index in [0.717, 1.165) is 16.6 Å². The van der Waals surface area contributed by atoms with Crippen LogP contribution in [0.4, 0.5) is 11.4 Å². The highest BCUT2D eigenvalue weighted by molar-refractivity contribution is 7.21. The Bertz CT molecular complexity index is 797. The third kappa shape index (κ3) is 2.10. The minimum Gasteiger partial charge on any atom is -0.397 e. The van der Waals surface area contributed by atoms with Crippen molar-refractivity contribution in [3.63, 3.8) is 0 Å². The number of anilines is 2. The van der Waals surface area contributed by atoms with Crippen molar-refractivity contribution < 1.29 is 4.79 Å². The van der Waals surface area contributed by atoms with Crippen molar-refractivity contribution in [3.05, 3.63) is 47.0 Å². The molecule has 0 radical (unpaired) electrons. The highest BCUT2D eigenvalue weighted by atomic mass is 32.1. The van der Waals surface area contributed by atoms with E-state index < -0.39 is 0 Å². The monoisotopic (exact) mass is 284 g/mol. The molecule has 2 aromatic heterocycles. The largest absolute Gasteiger partial charge is 0.397 e. The van der Waals surface area contributed by atoms with Crippen LogP contribution in [0.3, 0.4) is 0 Å². The molecule has 0 atom stereocenters. The molecule has 3 rings (SSSR count). The van der Waals surface area contributed by atoms with Gasteiger partial charge in [0.2, 0.25) is 0 Å². The Morgan fingerprint density at radius 3 is 2.85 bits per heavy atom. The molecule has 2 heterocycles. The molecule has 1 aromatic carbocycles. The van der Waals surface area contributed by atoms with Gasteiger partial charge in [-0.3, -0.25) is 4.79 Å². The van der Waals surface area contributed by atoms with Crippen molar-refractivity contribution in [2.45, 2.75) is 6.92 Å². The van der Waals surface area contributed by atoms with Crippen LogP contribution in [0.5, 0.6) is 0 Å². The number of amides is 1. The van der Waals surface area contributed by atoms with E-state index in [1.165, 1.54) is 11.3 Å². The molecule has 0 bridgehead atoms. The number of fused-ring (bicyclic) bond motifs is 1. The third-order valence-corrected chi connectivity index (χ3v) is 4.12. The van der Waals surface area contributed by atoms with Crippen LogP contribution in [-0.2, 0) is 0 Å². The minimum atomic E-state index is -0.222. The number of benzene rings is 1. The Kier molecular flexibility index (Phi) is 3.08. The van der Waals surface area contributed by atoms with Gasteiger partial charge in [-0.1, -0.05) is 18.2 Å². The first kappa shape index (κ1) is 12.6. The van der Waals surface area contributed by atoms with Crippen LogP contribution in [0.25, 0.3) is 10.2 Å². The molecule has 100 valence electrons. The number of nitrogen functional groups attached to an aromatic ring is 1. The molecule has 0 aliphatic rings. The molecule has 0 saturated carbocycles. The first-order valence-electron chi connectivity index (χ1n) is 6.03. The fourth-order valence-corrected chi connectivity index (χ4v) is 2.87. The summed E-state index contributed by atoms with van der Waals surface area (Å²) in [6.45, 7) is 1.94. The van der Waals surface area contributed by atoms with Crippen LogP contribution in [-0.4, -0.2) is 16.1 Å². The van der Waals surface area contributed by atoms with Crippen LogP contribution in [0, 0.1) is 6.92 Å². The van der Waals surface area contributed by atoms with Crippen LogP contribution >= 0.6 is 11.3 Å². The summed E-state index contributed by atoms with van der Waals surface area (Å²) in [6.07, 6.45) is 1.56. The van der Waals surface area contributed by atoms with Gasteiger partial charge in [-0.05, 0) is 24.6 Å². The molecule has 20 heavy (non-hydrogen) atoms. The predicted octanol–water partition coefficient (Wildman–Crippen LogP) is 2.83. The van der Waals surface area contributed by atoms with Gasteiger partial charge >= 0.3 is 0 Å². The zero-order valence-corrected chi connectivity index (χ0v) is 11.6. The van der Waals surface area contributed by atoms with E-state index in [-0.39, 0.29) is 5.91 Å². The molecule has 0 aliphatic heterocycles. The van der Waals surface area contributed by atoms with Crippen molar-refractivity contribution >= 4 is 38.8 Å². The quantitative estimate of drug-likeness (QED) is 0.758. The van der Waals surface area contributed by atoms with Crippen molar-refractivity contribution in [3.8, 4) is 0 Å². The fourth-order valence-electron chi connectivity index (χ4n) is 1.93. The standard InChI is InChI=1S/C14H12N4OS/c1-8-4-2-3-5-10(8)17-13(19)12-11(15)9-6-7-16-18-14(9)20-12/h2-7H,15H2,1H3,(H,17,19). The Morgan fingerprint density at radius 2 is 2.10 bits per heavy atom. The van der Waals surface area contributed by atoms with Gasteiger partial charge in [-0.15, -0.1) is 16.4 Å². The van der Waals surface area contributed by atoms with Crippen LogP contribution in [0.2, 0.25) is 0 Å². The molecule has 0 spiro atoms. The zero-order chi connectivity index (χ0) is 14.1. The van der Waals surface area contributed by atoms with Gasteiger partial charge in [0.05, 0.1) is 11.9 Å². The van der Waals surface area contributed by atoms with Crippen LogP contribution < -0.4 is 11.1 Å². The third-order valence-electron chi connectivity index (χ3n) is 3.02. The summed E-state index contributed by atoms with van der Waals surface area (Å²) in [5.74, 6) is -0.222. The van der Waals surface area contributed by atoms with Gasteiger partial charge in [0.25, 0.3) is 5.91 Å². The van der Waals surface area contributed by atoms with E-state index in [2.05, 4.69) is 15.5 Å². The second-order valence-corrected chi connectivity index (χ2v) is 5.36. The fraction of sp³-hybridized carbons (Fsp3) is 0.0714. The lowest BCUT2D eigenvalue weighted by molar-refractivity contribution is 0.103. The average molecular weight is 284 g/mol. The SMILES string of the molecule is Cc1ccccc1NC(=O)c1sc2nnccc2c1N. The Hall–Kier alpha value is -2.47. The molecule has 0 unspecified atom stereocenters. The lowest BCUT2D eigenvalue weighted by atomic mass is 10.2. The van der Waals surface area contributed by atoms with Gasteiger partial charge in [0.1, 0.15) is 9.71 Å². The number of para-hydroxylation sites is 1. The molecular formula is C14H12N4OS. The predicted molar refractivity (Wildman–Crippen MR) is 81.0 cm³/mol. The Morgan fingerprint density at radius 1 is 1.30 bits per heavy atom. The number of hydrogen-bond donors (Lipinski definition) is 2. The summed E-state index contributed by atoms with van der Waals surface area (Å²) >= 11 is 1.25. The lowest BCUT2D eigenvalue weighted by Crippen LogP contribution is -2.12. The normalized spacial score (nSPS) is 10.7. The number of carbonyl (C=O) groups excluding carboxylic acids is 1. The summed E-state index contributed by atoms with van der Waals surface area (Å²) < 4.78 is 0. The van der Waals surface area contributed by atoms with Crippen molar-refractivity contribution in [1.82, 2.24) is 10.2 Å². The van der Waals surface area contributed by atoms with Crippen LogP contribution in [0.15, 0.2) is 36.5 Å². The molecule has 3 aromatic rings.